The first-order valence-electron chi connectivity index (χ1n) is 5.74. The average molecular weight is 308 g/mol. The predicted molar refractivity (Wildman–Crippen MR) is 76.3 cm³/mol. The summed E-state index contributed by atoms with van der Waals surface area (Å²) in [4.78, 5) is 14.7. The molecule has 0 fully saturated rings. The Hall–Kier alpha value is -1.55. The number of rotatable bonds is 3. The normalized spacial score (nSPS) is 11.8. The fourth-order valence-corrected chi connectivity index (χ4v) is 2.14. The number of hydrogen-bond acceptors (Lipinski definition) is 2. The maximum absolute atomic E-state index is 11.6. The first kappa shape index (κ1) is 12.9. The molecule has 0 aliphatic carbocycles. The number of H-pyrrole nitrogens is 1. The molecule has 0 aliphatic heterocycles. The van der Waals surface area contributed by atoms with Crippen LogP contribution in [0.4, 0.5) is 0 Å². The van der Waals surface area contributed by atoms with Crippen molar-refractivity contribution in [3.05, 3.63) is 40.0 Å². The number of esters is 1. The molecule has 1 aromatic carbocycles. The fourth-order valence-electron chi connectivity index (χ4n) is 1.78. The van der Waals surface area contributed by atoms with E-state index < -0.39 is 0 Å². The molecule has 1 heterocycles. The molecule has 1 aromatic heterocycles. The molecule has 0 amide bonds. The number of carbonyl (C=O) groups excluding carboxylic acids is 1. The zero-order valence-electron chi connectivity index (χ0n) is 10.3. The summed E-state index contributed by atoms with van der Waals surface area (Å²) >= 11 is 3.43. The van der Waals surface area contributed by atoms with E-state index in [1.807, 2.05) is 30.5 Å². The van der Waals surface area contributed by atoms with E-state index in [9.17, 15) is 4.79 Å². The topological polar surface area (TPSA) is 42.1 Å². The highest BCUT2D eigenvalue weighted by atomic mass is 79.9. The van der Waals surface area contributed by atoms with Crippen LogP contribution in [0, 0.1) is 0 Å². The van der Waals surface area contributed by atoms with E-state index in [-0.39, 0.29) is 5.97 Å². The Kier molecular flexibility index (Phi) is 3.87. The molecule has 2 rings (SSSR count). The molecular formula is C14H14BrNO2. The minimum absolute atomic E-state index is 0.274. The van der Waals surface area contributed by atoms with E-state index >= 15 is 0 Å². The number of benzene rings is 1. The number of halogens is 1. The maximum atomic E-state index is 11.6. The lowest BCUT2D eigenvalue weighted by atomic mass is 10.1. The lowest BCUT2D eigenvalue weighted by Gasteiger charge is -2.01. The van der Waals surface area contributed by atoms with Crippen molar-refractivity contribution >= 4 is 38.9 Å². The summed E-state index contributed by atoms with van der Waals surface area (Å²) in [6, 6.07) is 6.00. The van der Waals surface area contributed by atoms with Crippen molar-refractivity contribution in [2.45, 2.75) is 13.8 Å². The van der Waals surface area contributed by atoms with Gasteiger partial charge in [-0.3, -0.25) is 0 Å². The quantitative estimate of drug-likeness (QED) is 0.690. The Morgan fingerprint density at radius 1 is 1.50 bits per heavy atom. The Morgan fingerprint density at radius 3 is 3.00 bits per heavy atom. The van der Waals surface area contributed by atoms with Crippen molar-refractivity contribution in [3.63, 3.8) is 0 Å². The molecule has 0 saturated heterocycles. The lowest BCUT2D eigenvalue weighted by Crippen LogP contribution is -2.04. The Labute approximate surface area is 114 Å². The molecule has 1 N–H and O–H groups in total. The average Bonchev–Trinajstić information content (AvgIpc) is 2.72. The minimum Gasteiger partial charge on any atom is -0.463 e. The van der Waals surface area contributed by atoms with Gasteiger partial charge in [0, 0.05) is 32.7 Å². The predicted octanol–water partition coefficient (Wildman–Crippen LogP) is 3.90. The standard InChI is InChI=1S/C14H14BrNO2/c1-3-18-14(17)9(2)6-10-8-16-13-7-11(15)4-5-12(10)13/h4-8,16H,3H2,1-2H3/b9-6+. The zero-order valence-corrected chi connectivity index (χ0v) is 11.9. The van der Waals surface area contributed by atoms with Crippen molar-refractivity contribution in [1.82, 2.24) is 4.98 Å². The number of nitrogens with one attached hydrogen (secondary N) is 1. The second-order valence-corrected chi connectivity index (χ2v) is 4.90. The highest BCUT2D eigenvalue weighted by Gasteiger charge is 2.07. The number of ether oxygens (including phenoxy) is 1. The third kappa shape index (κ3) is 2.64. The highest BCUT2D eigenvalue weighted by molar-refractivity contribution is 9.10. The highest BCUT2D eigenvalue weighted by Crippen LogP contribution is 2.24. The number of carbonyl (C=O) groups is 1. The molecule has 94 valence electrons. The molecule has 0 bridgehead atoms. The molecule has 18 heavy (non-hydrogen) atoms. The van der Waals surface area contributed by atoms with E-state index in [4.69, 9.17) is 4.74 Å². The van der Waals surface area contributed by atoms with E-state index in [1.54, 1.807) is 13.8 Å². The van der Waals surface area contributed by atoms with Crippen LogP contribution in [0.5, 0.6) is 0 Å². The lowest BCUT2D eigenvalue weighted by molar-refractivity contribution is -0.138. The van der Waals surface area contributed by atoms with Crippen LogP contribution in [-0.4, -0.2) is 17.6 Å². The van der Waals surface area contributed by atoms with Gasteiger partial charge in [-0.15, -0.1) is 0 Å². The molecule has 0 radical (unpaired) electrons. The van der Waals surface area contributed by atoms with Crippen molar-refractivity contribution in [1.29, 1.82) is 0 Å². The van der Waals surface area contributed by atoms with Crippen LogP contribution in [0.15, 0.2) is 34.4 Å². The van der Waals surface area contributed by atoms with Gasteiger partial charge in [0.05, 0.1) is 6.61 Å². The van der Waals surface area contributed by atoms with Gasteiger partial charge in [-0.25, -0.2) is 4.79 Å². The third-order valence-electron chi connectivity index (χ3n) is 2.65. The summed E-state index contributed by atoms with van der Waals surface area (Å²) in [5.74, 6) is -0.274. The number of fused-ring (bicyclic) bond motifs is 1. The second-order valence-electron chi connectivity index (χ2n) is 3.98. The molecule has 0 saturated carbocycles. The molecule has 0 atom stereocenters. The smallest absolute Gasteiger partial charge is 0.333 e. The SMILES string of the molecule is CCOC(=O)/C(C)=C/c1c[nH]c2cc(Br)ccc12. The zero-order chi connectivity index (χ0) is 13.1. The molecule has 0 aliphatic rings. The Morgan fingerprint density at radius 2 is 2.28 bits per heavy atom. The summed E-state index contributed by atoms with van der Waals surface area (Å²) in [6.07, 6.45) is 3.73. The van der Waals surface area contributed by atoms with Crippen LogP contribution in [0.25, 0.3) is 17.0 Å². The van der Waals surface area contributed by atoms with Crippen LogP contribution >= 0.6 is 15.9 Å². The van der Waals surface area contributed by atoms with Gasteiger partial charge in [0.2, 0.25) is 0 Å². The number of aromatic amines is 1. The number of hydrogen-bond donors (Lipinski definition) is 1. The van der Waals surface area contributed by atoms with Crippen LogP contribution in [0.1, 0.15) is 19.4 Å². The molecule has 2 aromatic rings. The van der Waals surface area contributed by atoms with Crippen LogP contribution in [0.2, 0.25) is 0 Å². The first-order chi connectivity index (χ1) is 8.61. The Balaban J connectivity index is 2.37. The first-order valence-corrected chi connectivity index (χ1v) is 6.53. The van der Waals surface area contributed by atoms with Gasteiger partial charge >= 0.3 is 5.97 Å². The third-order valence-corrected chi connectivity index (χ3v) is 3.14. The van der Waals surface area contributed by atoms with Crippen molar-refractivity contribution < 1.29 is 9.53 Å². The molecule has 4 heteroatoms. The van der Waals surface area contributed by atoms with Gasteiger partial charge in [-0.05, 0) is 32.1 Å². The van der Waals surface area contributed by atoms with E-state index in [1.165, 1.54) is 0 Å². The van der Waals surface area contributed by atoms with Gasteiger partial charge in [-0.2, -0.15) is 0 Å². The van der Waals surface area contributed by atoms with Crippen LogP contribution < -0.4 is 0 Å². The van der Waals surface area contributed by atoms with Crippen molar-refractivity contribution in [3.8, 4) is 0 Å². The van der Waals surface area contributed by atoms with E-state index in [0.29, 0.717) is 12.2 Å². The van der Waals surface area contributed by atoms with Crippen molar-refractivity contribution in [2.75, 3.05) is 6.61 Å². The molecule has 3 nitrogen and oxygen atoms in total. The molecule has 0 unspecified atom stereocenters. The van der Waals surface area contributed by atoms with Gasteiger partial charge in [-0.1, -0.05) is 22.0 Å². The summed E-state index contributed by atoms with van der Waals surface area (Å²) in [5.41, 5.74) is 2.62. The van der Waals surface area contributed by atoms with Crippen LogP contribution in [0.3, 0.4) is 0 Å². The molecular weight excluding hydrogens is 294 g/mol. The van der Waals surface area contributed by atoms with E-state index in [0.717, 1.165) is 20.9 Å². The van der Waals surface area contributed by atoms with E-state index in [2.05, 4.69) is 20.9 Å². The molecule has 0 spiro atoms. The van der Waals surface area contributed by atoms with Crippen molar-refractivity contribution in [2.24, 2.45) is 0 Å². The minimum atomic E-state index is -0.274. The fraction of sp³-hybridized carbons (Fsp3) is 0.214. The number of aromatic nitrogens is 1. The van der Waals surface area contributed by atoms with Gasteiger partial charge in [0.25, 0.3) is 0 Å². The Bertz CT molecular complexity index is 613. The summed E-state index contributed by atoms with van der Waals surface area (Å²) < 4.78 is 5.98. The largest absolute Gasteiger partial charge is 0.463 e. The van der Waals surface area contributed by atoms with Gasteiger partial charge in [0.1, 0.15) is 0 Å². The summed E-state index contributed by atoms with van der Waals surface area (Å²) in [5, 5.41) is 1.09. The van der Waals surface area contributed by atoms with Gasteiger partial charge in [0.15, 0.2) is 0 Å². The summed E-state index contributed by atoms with van der Waals surface area (Å²) in [6.45, 7) is 3.95. The maximum Gasteiger partial charge on any atom is 0.333 e. The van der Waals surface area contributed by atoms with Crippen LogP contribution in [-0.2, 0) is 9.53 Å². The summed E-state index contributed by atoms with van der Waals surface area (Å²) in [7, 11) is 0. The second kappa shape index (κ2) is 5.40. The monoisotopic (exact) mass is 307 g/mol. The van der Waals surface area contributed by atoms with Gasteiger partial charge < -0.3 is 9.72 Å².